The van der Waals surface area contributed by atoms with Gasteiger partial charge in [0.1, 0.15) is 10.6 Å². The minimum atomic E-state index is -0.281. The molecule has 2 heterocycles. The lowest BCUT2D eigenvalue weighted by Crippen LogP contribution is -2.03. The molecule has 2 rings (SSSR count). The molecule has 0 N–H and O–H groups in total. The van der Waals surface area contributed by atoms with Gasteiger partial charge in [-0.25, -0.2) is 9.78 Å². The van der Waals surface area contributed by atoms with Crippen LogP contribution < -0.4 is 0 Å². The lowest BCUT2D eigenvalue weighted by Gasteiger charge is -1.99. The number of aryl methyl sites for hydroxylation is 1. The van der Waals surface area contributed by atoms with E-state index in [9.17, 15) is 4.79 Å². The van der Waals surface area contributed by atoms with Crippen LogP contribution in [0, 0.1) is 6.92 Å². The molecule has 0 spiro atoms. The van der Waals surface area contributed by atoms with Crippen molar-refractivity contribution in [2.75, 3.05) is 6.61 Å². The molecule has 0 saturated carbocycles. The Balaban J connectivity index is 2.42. The van der Waals surface area contributed by atoms with Crippen molar-refractivity contribution in [3.05, 3.63) is 27.4 Å². The van der Waals surface area contributed by atoms with E-state index in [0.29, 0.717) is 11.5 Å². The van der Waals surface area contributed by atoms with Crippen molar-refractivity contribution < 1.29 is 9.53 Å². The topological polar surface area (TPSA) is 39.2 Å². The fourth-order valence-corrected chi connectivity index (χ4v) is 2.95. The number of carbonyl (C=O) groups is 1. The number of hydrogen-bond acceptors (Lipinski definition) is 5. The molecule has 0 aliphatic rings. The number of rotatable bonds is 3. The summed E-state index contributed by atoms with van der Waals surface area (Å²) in [5.74, 6) is -0.281. The average molecular weight is 253 g/mol. The number of carbonyl (C=O) groups excluding carboxylic acids is 1. The molecule has 0 aromatic carbocycles. The maximum absolute atomic E-state index is 11.7. The molecule has 2 aromatic heterocycles. The summed E-state index contributed by atoms with van der Waals surface area (Å²) >= 11 is 2.96. The molecular weight excluding hydrogens is 242 g/mol. The summed E-state index contributed by atoms with van der Waals surface area (Å²) in [4.78, 5) is 17.7. The summed E-state index contributed by atoms with van der Waals surface area (Å²) < 4.78 is 5.02. The second kappa shape index (κ2) is 4.76. The fraction of sp³-hybridized carbons (Fsp3) is 0.273. The van der Waals surface area contributed by atoms with Crippen LogP contribution in [0.4, 0.5) is 0 Å². The molecule has 2 aromatic rings. The van der Waals surface area contributed by atoms with Crippen LogP contribution in [0.3, 0.4) is 0 Å². The molecule has 0 aliphatic carbocycles. The summed E-state index contributed by atoms with van der Waals surface area (Å²) in [7, 11) is 0. The van der Waals surface area contributed by atoms with Crippen LogP contribution >= 0.6 is 22.7 Å². The first-order valence-electron chi connectivity index (χ1n) is 4.90. The van der Waals surface area contributed by atoms with Crippen LogP contribution in [0.2, 0.25) is 0 Å². The van der Waals surface area contributed by atoms with Gasteiger partial charge in [-0.2, -0.15) is 0 Å². The zero-order valence-corrected chi connectivity index (χ0v) is 10.7. The van der Waals surface area contributed by atoms with E-state index in [1.54, 1.807) is 18.3 Å². The Morgan fingerprint density at radius 1 is 1.56 bits per heavy atom. The smallest absolute Gasteiger partial charge is 0.350 e. The van der Waals surface area contributed by atoms with Crippen LogP contribution in [0.15, 0.2) is 17.5 Å². The molecule has 0 unspecified atom stereocenters. The minimum Gasteiger partial charge on any atom is -0.462 e. The Hall–Kier alpha value is -1.20. The first-order chi connectivity index (χ1) is 7.72. The lowest BCUT2D eigenvalue weighted by molar-refractivity contribution is 0.0533. The standard InChI is InChI=1S/C11H11NO2S2/c1-3-14-11(13)10-9(12-7(2)16-10)8-5-4-6-15-8/h4-6H,3H2,1-2H3. The van der Waals surface area contributed by atoms with E-state index in [4.69, 9.17) is 4.74 Å². The molecule has 0 saturated heterocycles. The van der Waals surface area contributed by atoms with Gasteiger partial charge in [0, 0.05) is 0 Å². The number of thiazole rings is 1. The van der Waals surface area contributed by atoms with Gasteiger partial charge in [-0.15, -0.1) is 22.7 Å². The molecule has 0 amide bonds. The van der Waals surface area contributed by atoms with Gasteiger partial charge in [0.05, 0.1) is 16.5 Å². The van der Waals surface area contributed by atoms with Gasteiger partial charge in [0.15, 0.2) is 0 Å². The molecule has 0 fully saturated rings. The summed E-state index contributed by atoms with van der Waals surface area (Å²) in [6.45, 7) is 4.08. The van der Waals surface area contributed by atoms with E-state index in [1.165, 1.54) is 11.3 Å². The minimum absolute atomic E-state index is 0.281. The zero-order valence-electron chi connectivity index (χ0n) is 9.02. The molecule has 0 bridgehead atoms. The summed E-state index contributed by atoms with van der Waals surface area (Å²) in [6.07, 6.45) is 0. The van der Waals surface area contributed by atoms with Crippen molar-refractivity contribution in [2.45, 2.75) is 13.8 Å². The molecule has 3 nitrogen and oxygen atoms in total. The van der Waals surface area contributed by atoms with E-state index in [1.807, 2.05) is 24.4 Å². The zero-order chi connectivity index (χ0) is 11.5. The van der Waals surface area contributed by atoms with Crippen molar-refractivity contribution in [3.8, 4) is 10.6 Å². The fourth-order valence-electron chi connectivity index (χ4n) is 1.34. The normalized spacial score (nSPS) is 10.4. The van der Waals surface area contributed by atoms with Gasteiger partial charge in [-0.05, 0) is 25.3 Å². The largest absolute Gasteiger partial charge is 0.462 e. The van der Waals surface area contributed by atoms with E-state index >= 15 is 0 Å². The molecular formula is C11H11NO2S2. The van der Waals surface area contributed by atoms with Crippen LogP contribution in [0.1, 0.15) is 21.6 Å². The first kappa shape index (κ1) is 11.3. The summed E-state index contributed by atoms with van der Waals surface area (Å²) in [5.41, 5.74) is 0.746. The third-order valence-corrected chi connectivity index (χ3v) is 3.78. The molecule has 0 atom stereocenters. The first-order valence-corrected chi connectivity index (χ1v) is 6.60. The average Bonchev–Trinajstić information content (AvgIpc) is 2.85. The Kier molecular flexibility index (Phi) is 3.36. The highest BCUT2D eigenvalue weighted by Gasteiger charge is 2.19. The van der Waals surface area contributed by atoms with Crippen molar-refractivity contribution in [3.63, 3.8) is 0 Å². The van der Waals surface area contributed by atoms with Crippen molar-refractivity contribution in [1.82, 2.24) is 4.98 Å². The highest BCUT2D eigenvalue weighted by molar-refractivity contribution is 7.16. The van der Waals surface area contributed by atoms with Crippen LogP contribution in [-0.2, 0) is 4.74 Å². The molecule has 84 valence electrons. The van der Waals surface area contributed by atoms with Crippen LogP contribution in [0.5, 0.6) is 0 Å². The van der Waals surface area contributed by atoms with Gasteiger partial charge in [0.25, 0.3) is 0 Å². The molecule has 0 radical (unpaired) electrons. The van der Waals surface area contributed by atoms with Gasteiger partial charge in [0.2, 0.25) is 0 Å². The number of nitrogens with zero attached hydrogens (tertiary/aromatic N) is 1. The number of thiophene rings is 1. The predicted molar refractivity (Wildman–Crippen MR) is 66.1 cm³/mol. The lowest BCUT2D eigenvalue weighted by atomic mass is 10.3. The molecule has 0 aliphatic heterocycles. The van der Waals surface area contributed by atoms with Gasteiger partial charge < -0.3 is 4.74 Å². The van der Waals surface area contributed by atoms with Gasteiger partial charge in [-0.3, -0.25) is 0 Å². The SMILES string of the molecule is CCOC(=O)c1sc(C)nc1-c1cccs1. The molecule has 16 heavy (non-hydrogen) atoms. The third-order valence-electron chi connectivity index (χ3n) is 1.95. The number of esters is 1. The Morgan fingerprint density at radius 3 is 3.00 bits per heavy atom. The number of ether oxygens (including phenoxy) is 1. The maximum Gasteiger partial charge on any atom is 0.350 e. The van der Waals surface area contributed by atoms with Crippen LogP contribution in [-0.4, -0.2) is 17.6 Å². The van der Waals surface area contributed by atoms with E-state index in [0.717, 1.165) is 15.6 Å². The second-order valence-corrected chi connectivity index (χ2v) is 5.26. The van der Waals surface area contributed by atoms with Crippen molar-refractivity contribution in [1.29, 1.82) is 0 Å². The van der Waals surface area contributed by atoms with Gasteiger partial charge in [-0.1, -0.05) is 6.07 Å². The quantitative estimate of drug-likeness (QED) is 0.787. The Labute approximate surface area is 102 Å². The summed E-state index contributed by atoms with van der Waals surface area (Å²) in [5, 5.41) is 2.85. The van der Waals surface area contributed by atoms with Crippen molar-refractivity contribution in [2.24, 2.45) is 0 Å². The Morgan fingerprint density at radius 2 is 2.38 bits per heavy atom. The van der Waals surface area contributed by atoms with Crippen LogP contribution in [0.25, 0.3) is 10.6 Å². The van der Waals surface area contributed by atoms with Crippen molar-refractivity contribution >= 4 is 28.6 Å². The van der Waals surface area contributed by atoms with E-state index in [-0.39, 0.29) is 5.97 Å². The third kappa shape index (κ3) is 2.15. The highest BCUT2D eigenvalue weighted by atomic mass is 32.1. The van der Waals surface area contributed by atoms with E-state index < -0.39 is 0 Å². The second-order valence-electron chi connectivity index (χ2n) is 3.11. The number of aromatic nitrogens is 1. The van der Waals surface area contributed by atoms with Gasteiger partial charge >= 0.3 is 5.97 Å². The molecule has 5 heteroatoms. The predicted octanol–water partition coefficient (Wildman–Crippen LogP) is 3.36. The summed E-state index contributed by atoms with van der Waals surface area (Å²) in [6, 6.07) is 3.91. The highest BCUT2D eigenvalue weighted by Crippen LogP contribution is 2.31. The number of hydrogen-bond donors (Lipinski definition) is 0. The van der Waals surface area contributed by atoms with E-state index in [2.05, 4.69) is 4.98 Å². The maximum atomic E-state index is 11.7. The Bertz CT molecular complexity index is 488. The monoisotopic (exact) mass is 253 g/mol.